The van der Waals surface area contributed by atoms with Gasteiger partial charge >= 0.3 is 0 Å². The molecule has 9 nitrogen and oxygen atoms in total. The highest BCUT2D eigenvalue weighted by Gasteiger charge is 2.17. The molecule has 1 fully saturated rings. The Morgan fingerprint density at radius 1 is 1.15 bits per heavy atom. The third-order valence-electron chi connectivity index (χ3n) is 6.22. The number of hydrogen-bond acceptors (Lipinski definition) is 8. The second-order valence-electron chi connectivity index (χ2n) is 9.08. The van der Waals surface area contributed by atoms with Crippen molar-refractivity contribution in [3.05, 3.63) is 47.4 Å². The van der Waals surface area contributed by atoms with Gasteiger partial charge in [-0.25, -0.2) is 4.98 Å². The normalized spacial score (nSPS) is 15.7. The molecule has 3 aromatic rings. The third-order valence-corrected chi connectivity index (χ3v) is 6.22. The Morgan fingerprint density at radius 2 is 1.97 bits per heavy atom. The summed E-state index contributed by atoms with van der Waals surface area (Å²) in [5.74, 6) is 2.62. The molecule has 3 heterocycles. The quantitative estimate of drug-likeness (QED) is 0.416. The first-order chi connectivity index (χ1) is 16.5. The molecule has 184 valence electrons. The predicted octanol–water partition coefficient (Wildman–Crippen LogP) is 3.24. The summed E-state index contributed by atoms with van der Waals surface area (Å²) in [5.41, 5.74) is 3.09. The molecule has 4 rings (SSSR count). The van der Waals surface area contributed by atoms with Crippen LogP contribution in [-0.2, 0) is 11.3 Å². The van der Waals surface area contributed by atoms with E-state index in [2.05, 4.69) is 47.5 Å². The fraction of sp³-hybridized carbons (Fsp3) is 0.560. The van der Waals surface area contributed by atoms with Crippen molar-refractivity contribution in [2.45, 2.75) is 45.7 Å². The van der Waals surface area contributed by atoms with E-state index in [0.29, 0.717) is 18.4 Å². The molecular formula is C25H37N7O2. The van der Waals surface area contributed by atoms with Crippen LogP contribution < -0.4 is 15.4 Å². The summed E-state index contributed by atoms with van der Waals surface area (Å²) in [6, 6.07) is 8.09. The van der Waals surface area contributed by atoms with E-state index >= 15 is 0 Å². The number of morpholine rings is 1. The molecule has 1 atom stereocenters. The van der Waals surface area contributed by atoms with Crippen LogP contribution >= 0.6 is 0 Å². The molecule has 1 saturated heterocycles. The SMILES string of the molecule is COc1cccc(C(C)Nc2nc(CNCCCN3CCOCC3)nc3c(C(C)C)cnn23)c1. The van der Waals surface area contributed by atoms with E-state index in [4.69, 9.17) is 19.4 Å². The Kier molecular flexibility index (Phi) is 8.31. The number of methoxy groups -OCH3 is 1. The Morgan fingerprint density at radius 3 is 2.74 bits per heavy atom. The van der Waals surface area contributed by atoms with Crippen molar-refractivity contribution in [3.63, 3.8) is 0 Å². The van der Waals surface area contributed by atoms with Gasteiger partial charge in [-0.2, -0.15) is 14.6 Å². The Hall–Kier alpha value is -2.75. The summed E-state index contributed by atoms with van der Waals surface area (Å²) in [6.45, 7) is 12.8. The molecule has 1 aliphatic heterocycles. The van der Waals surface area contributed by atoms with Crippen LogP contribution in [0.1, 0.15) is 56.1 Å². The van der Waals surface area contributed by atoms with E-state index in [1.54, 1.807) is 7.11 Å². The van der Waals surface area contributed by atoms with Crippen molar-refractivity contribution in [1.29, 1.82) is 0 Å². The first-order valence-electron chi connectivity index (χ1n) is 12.2. The lowest BCUT2D eigenvalue weighted by Gasteiger charge is -2.26. The highest BCUT2D eigenvalue weighted by molar-refractivity contribution is 5.52. The van der Waals surface area contributed by atoms with Gasteiger partial charge in [0.15, 0.2) is 5.65 Å². The lowest BCUT2D eigenvalue weighted by Crippen LogP contribution is -2.37. The van der Waals surface area contributed by atoms with Crippen molar-refractivity contribution in [2.24, 2.45) is 0 Å². The van der Waals surface area contributed by atoms with Gasteiger partial charge in [-0.15, -0.1) is 0 Å². The van der Waals surface area contributed by atoms with E-state index in [1.807, 2.05) is 28.9 Å². The van der Waals surface area contributed by atoms with Gasteiger partial charge in [0.25, 0.3) is 0 Å². The number of benzene rings is 1. The number of hydrogen-bond donors (Lipinski definition) is 2. The Bertz CT molecular complexity index is 1060. The number of rotatable bonds is 11. The molecule has 2 N–H and O–H groups in total. The lowest BCUT2D eigenvalue weighted by atomic mass is 10.1. The van der Waals surface area contributed by atoms with E-state index < -0.39 is 0 Å². The maximum Gasteiger partial charge on any atom is 0.228 e. The molecular weight excluding hydrogens is 430 g/mol. The number of nitrogens with one attached hydrogen (secondary N) is 2. The van der Waals surface area contributed by atoms with Crippen LogP contribution in [-0.4, -0.2) is 71.0 Å². The summed E-state index contributed by atoms with van der Waals surface area (Å²) in [4.78, 5) is 12.1. The van der Waals surface area contributed by atoms with Crippen molar-refractivity contribution >= 4 is 11.6 Å². The first-order valence-corrected chi connectivity index (χ1v) is 12.2. The standard InChI is InChI=1S/C25H37N7O2/c1-18(2)22-16-27-32-24(22)29-23(17-26-9-6-10-31-11-13-34-14-12-31)30-25(32)28-19(3)20-7-5-8-21(15-20)33-4/h5,7-8,15-16,18-19,26H,6,9-14,17H2,1-4H3,(H,28,29,30). The minimum absolute atomic E-state index is 0.0224. The van der Waals surface area contributed by atoms with Crippen molar-refractivity contribution in [2.75, 3.05) is 51.8 Å². The van der Waals surface area contributed by atoms with E-state index in [1.165, 1.54) is 0 Å². The van der Waals surface area contributed by atoms with Crippen molar-refractivity contribution in [3.8, 4) is 5.75 Å². The summed E-state index contributed by atoms with van der Waals surface area (Å²) in [5, 5.41) is 11.6. The molecule has 0 aliphatic carbocycles. The van der Waals surface area contributed by atoms with E-state index in [0.717, 1.165) is 74.2 Å². The van der Waals surface area contributed by atoms with Crippen LogP contribution in [0.3, 0.4) is 0 Å². The van der Waals surface area contributed by atoms with Crippen molar-refractivity contribution < 1.29 is 9.47 Å². The predicted molar refractivity (Wildman–Crippen MR) is 133 cm³/mol. The second-order valence-corrected chi connectivity index (χ2v) is 9.08. The minimum Gasteiger partial charge on any atom is -0.497 e. The molecule has 1 aliphatic rings. The van der Waals surface area contributed by atoms with E-state index in [9.17, 15) is 0 Å². The largest absolute Gasteiger partial charge is 0.497 e. The van der Waals surface area contributed by atoms with Crippen LogP contribution in [0.4, 0.5) is 5.95 Å². The number of ether oxygens (including phenoxy) is 2. The molecule has 1 unspecified atom stereocenters. The zero-order valence-electron chi connectivity index (χ0n) is 20.8. The van der Waals surface area contributed by atoms with Gasteiger partial charge in [0.05, 0.1) is 39.1 Å². The molecule has 9 heteroatoms. The molecule has 34 heavy (non-hydrogen) atoms. The van der Waals surface area contributed by atoms with Gasteiger partial charge in [0.2, 0.25) is 5.95 Å². The highest BCUT2D eigenvalue weighted by Crippen LogP contribution is 2.25. The number of nitrogens with zero attached hydrogens (tertiary/aromatic N) is 5. The molecule has 0 bridgehead atoms. The van der Waals surface area contributed by atoms with Gasteiger partial charge in [-0.05, 0) is 50.0 Å². The number of aromatic nitrogens is 4. The molecule has 0 radical (unpaired) electrons. The van der Waals surface area contributed by atoms with E-state index in [-0.39, 0.29) is 6.04 Å². The summed E-state index contributed by atoms with van der Waals surface area (Å²) in [6.07, 6.45) is 2.99. The maximum absolute atomic E-state index is 5.43. The van der Waals surface area contributed by atoms with Crippen LogP contribution in [0.2, 0.25) is 0 Å². The monoisotopic (exact) mass is 467 g/mol. The topological polar surface area (TPSA) is 88.8 Å². The lowest BCUT2D eigenvalue weighted by molar-refractivity contribution is 0.0374. The number of anilines is 1. The first kappa shape index (κ1) is 24.4. The van der Waals surface area contributed by atoms with Crippen LogP contribution in [0.25, 0.3) is 5.65 Å². The van der Waals surface area contributed by atoms with Crippen LogP contribution in [0.15, 0.2) is 30.5 Å². The average Bonchev–Trinajstić information content (AvgIpc) is 3.29. The molecule has 0 spiro atoms. The van der Waals surface area contributed by atoms with Gasteiger partial charge in [-0.3, -0.25) is 4.90 Å². The number of fused-ring (bicyclic) bond motifs is 1. The van der Waals surface area contributed by atoms with Crippen molar-refractivity contribution in [1.82, 2.24) is 29.8 Å². The fourth-order valence-electron chi connectivity index (χ4n) is 4.16. The fourth-order valence-corrected chi connectivity index (χ4v) is 4.16. The van der Waals surface area contributed by atoms with Crippen LogP contribution in [0.5, 0.6) is 5.75 Å². The van der Waals surface area contributed by atoms with Gasteiger partial charge < -0.3 is 20.1 Å². The maximum atomic E-state index is 5.43. The molecule has 1 aromatic carbocycles. The molecule has 2 aromatic heterocycles. The zero-order valence-corrected chi connectivity index (χ0v) is 20.8. The van der Waals surface area contributed by atoms with Gasteiger partial charge in [0.1, 0.15) is 11.6 Å². The van der Waals surface area contributed by atoms with Gasteiger partial charge in [0, 0.05) is 18.7 Å². The molecule has 0 amide bonds. The summed E-state index contributed by atoms with van der Waals surface area (Å²) in [7, 11) is 1.68. The van der Waals surface area contributed by atoms with Gasteiger partial charge in [-0.1, -0.05) is 26.0 Å². The highest BCUT2D eigenvalue weighted by atomic mass is 16.5. The van der Waals surface area contributed by atoms with Crippen LogP contribution in [0, 0.1) is 0 Å². The summed E-state index contributed by atoms with van der Waals surface area (Å²) >= 11 is 0. The molecule has 0 saturated carbocycles. The third kappa shape index (κ3) is 6.02. The average molecular weight is 468 g/mol. The minimum atomic E-state index is 0.0224. The smallest absolute Gasteiger partial charge is 0.228 e. The Labute approximate surface area is 201 Å². The zero-order chi connectivity index (χ0) is 23.9. The second kappa shape index (κ2) is 11.6. The summed E-state index contributed by atoms with van der Waals surface area (Å²) < 4.78 is 12.6. The Balaban J connectivity index is 1.46.